The van der Waals surface area contributed by atoms with Crippen molar-refractivity contribution in [3.8, 4) is 11.4 Å². The number of pyridine rings is 1. The average Bonchev–Trinajstić information content (AvgIpc) is 3.40. The number of nitrogens with zero attached hydrogens (tertiary/aromatic N) is 5. The van der Waals surface area contributed by atoms with Crippen LogP contribution in [0.4, 0.5) is 5.82 Å². The van der Waals surface area contributed by atoms with Gasteiger partial charge in [0.2, 0.25) is 17.6 Å². The van der Waals surface area contributed by atoms with E-state index in [0.717, 1.165) is 43.2 Å². The van der Waals surface area contributed by atoms with Gasteiger partial charge >= 0.3 is 0 Å². The number of piperazine rings is 1. The largest absolute Gasteiger partial charge is 0.353 e. The maximum Gasteiger partial charge on any atom is 0.246 e. The molecule has 142 valence electrons. The third-order valence-electron chi connectivity index (χ3n) is 5.38. The third kappa shape index (κ3) is 3.86. The van der Waals surface area contributed by atoms with Crippen molar-refractivity contribution in [1.29, 1.82) is 0 Å². The molecule has 0 N–H and O–H groups in total. The lowest BCUT2D eigenvalue weighted by molar-refractivity contribution is -0.126. The zero-order valence-corrected chi connectivity index (χ0v) is 15.7. The van der Waals surface area contributed by atoms with E-state index in [4.69, 9.17) is 4.52 Å². The maximum atomic E-state index is 11.9. The van der Waals surface area contributed by atoms with Crippen molar-refractivity contribution in [3.05, 3.63) is 36.4 Å². The standard InChI is InChI=1S/C20H25N5O2/c1-2-5-18(26)25-12-10-24(11-13-25)17-9-8-16(14-21-17)19-22-20(27-23-19)15-6-3-4-7-15/h2,5,8-9,14-15H,3-4,6-7,10-13H2,1H3/b5-2-. The van der Waals surface area contributed by atoms with Crippen LogP contribution in [0.5, 0.6) is 0 Å². The Morgan fingerprint density at radius 1 is 1.19 bits per heavy atom. The minimum absolute atomic E-state index is 0.0793. The fourth-order valence-corrected chi connectivity index (χ4v) is 3.80. The molecule has 0 unspecified atom stereocenters. The monoisotopic (exact) mass is 367 g/mol. The minimum Gasteiger partial charge on any atom is -0.353 e. The molecule has 2 aliphatic rings. The molecule has 0 bridgehead atoms. The number of rotatable bonds is 4. The lowest BCUT2D eigenvalue weighted by Crippen LogP contribution is -2.48. The maximum absolute atomic E-state index is 11.9. The van der Waals surface area contributed by atoms with Gasteiger partial charge in [0, 0.05) is 43.9 Å². The molecule has 1 saturated heterocycles. The van der Waals surface area contributed by atoms with Crippen molar-refractivity contribution in [2.45, 2.75) is 38.5 Å². The Balaban J connectivity index is 1.39. The van der Waals surface area contributed by atoms with Crippen LogP contribution < -0.4 is 4.90 Å². The van der Waals surface area contributed by atoms with E-state index in [2.05, 4.69) is 20.0 Å². The quantitative estimate of drug-likeness (QED) is 0.773. The van der Waals surface area contributed by atoms with Gasteiger partial charge in [-0.2, -0.15) is 4.98 Å². The summed E-state index contributed by atoms with van der Waals surface area (Å²) in [6.45, 7) is 4.85. The van der Waals surface area contributed by atoms with Gasteiger partial charge in [0.1, 0.15) is 5.82 Å². The highest BCUT2D eigenvalue weighted by atomic mass is 16.5. The Hall–Kier alpha value is -2.70. The van der Waals surface area contributed by atoms with Gasteiger partial charge in [0.15, 0.2) is 0 Å². The van der Waals surface area contributed by atoms with E-state index in [1.165, 1.54) is 12.8 Å². The van der Waals surface area contributed by atoms with Gasteiger partial charge in [-0.3, -0.25) is 4.79 Å². The molecular formula is C20H25N5O2. The first-order valence-corrected chi connectivity index (χ1v) is 9.71. The van der Waals surface area contributed by atoms with Gasteiger partial charge in [0.05, 0.1) is 0 Å². The number of aromatic nitrogens is 3. The number of hydrogen-bond donors (Lipinski definition) is 0. The van der Waals surface area contributed by atoms with Crippen LogP contribution in [0.1, 0.15) is 44.4 Å². The Morgan fingerprint density at radius 2 is 1.96 bits per heavy atom. The molecule has 1 aliphatic heterocycles. The first kappa shape index (κ1) is 17.7. The average molecular weight is 367 g/mol. The summed E-state index contributed by atoms with van der Waals surface area (Å²) in [4.78, 5) is 25.1. The van der Waals surface area contributed by atoms with E-state index in [-0.39, 0.29) is 5.91 Å². The zero-order chi connectivity index (χ0) is 18.6. The van der Waals surface area contributed by atoms with Crippen molar-refractivity contribution in [2.24, 2.45) is 0 Å². The number of allylic oxidation sites excluding steroid dienone is 1. The zero-order valence-electron chi connectivity index (χ0n) is 15.7. The molecule has 2 aromatic rings. The normalized spacial score (nSPS) is 18.6. The van der Waals surface area contributed by atoms with Gasteiger partial charge in [-0.1, -0.05) is 24.1 Å². The molecule has 0 radical (unpaired) electrons. The summed E-state index contributed by atoms with van der Waals surface area (Å²) in [6.07, 6.45) is 9.97. The fraction of sp³-hybridized carbons (Fsp3) is 0.500. The van der Waals surface area contributed by atoms with Crippen molar-refractivity contribution in [3.63, 3.8) is 0 Å². The second-order valence-corrected chi connectivity index (χ2v) is 7.16. The molecule has 0 spiro atoms. The number of amides is 1. The van der Waals surface area contributed by atoms with E-state index in [1.807, 2.05) is 24.0 Å². The van der Waals surface area contributed by atoms with E-state index < -0.39 is 0 Å². The van der Waals surface area contributed by atoms with Gasteiger partial charge < -0.3 is 14.3 Å². The molecule has 0 aromatic carbocycles. The van der Waals surface area contributed by atoms with Crippen LogP contribution in [-0.2, 0) is 4.79 Å². The van der Waals surface area contributed by atoms with E-state index in [9.17, 15) is 4.79 Å². The molecule has 7 heteroatoms. The highest BCUT2D eigenvalue weighted by molar-refractivity contribution is 5.87. The number of carbonyl (C=O) groups excluding carboxylic acids is 1. The molecule has 0 atom stereocenters. The van der Waals surface area contributed by atoms with E-state index >= 15 is 0 Å². The first-order chi connectivity index (χ1) is 13.2. The van der Waals surface area contributed by atoms with Crippen LogP contribution in [0.2, 0.25) is 0 Å². The minimum atomic E-state index is 0.0793. The molecule has 27 heavy (non-hydrogen) atoms. The van der Waals surface area contributed by atoms with E-state index in [0.29, 0.717) is 24.8 Å². The molecule has 2 fully saturated rings. The van der Waals surface area contributed by atoms with Crippen LogP contribution in [0.25, 0.3) is 11.4 Å². The Bertz CT molecular complexity index is 800. The van der Waals surface area contributed by atoms with Gasteiger partial charge in [0.25, 0.3) is 0 Å². The molecule has 2 aromatic heterocycles. The van der Waals surface area contributed by atoms with Gasteiger partial charge in [-0.25, -0.2) is 4.98 Å². The molecule has 3 heterocycles. The first-order valence-electron chi connectivity index (χ1n) is 9.71. The van der Waals surface area contributed by atoms with Gasteiger partial charge in [-0.15, -0.1) is 0 Å². The molecule has 1 aliphatic carbocycles. The van der Waals surface area contributed by atoms with Crippen LogP contribution in [0, 0.1) is 0 Å². The summed E-state index contributed by atoms with van der Waals surface area (Å²) >= 11 is 0. The summed E-state index contributed by atoms with van der Waals surface area (Å²) in [5.41, 5.74) is 0.869. The summed E-state index contributed by atoms with van der Waals surface area (Å²) in [5.74, 6) is 2.78. The summed E-state index contributed by atoms with van der Waals surface area (Å²) in [7, 11) is 0. The number of carbonyl (C=O) groups is 1. The summed E-state index contributed by atoms with van der Waals surface area (Å²) in [6, 6.07) is 3.98. The predicted octanol–water partition coefficient (Wildman–Crippen LogP) is 3.01. The smallest absolute Gasteiger partial charge is 0.246 e. The highest BCUT2D eigenvalue weighted by Gasteiger charge is 2.24. The van der Waals surface area contributed by atoms with Crippen LogP contribution >= 0.6 is 0 Å². The summed E-state index contributed by atoms with van der Waals surface area (Å²) < 4.78 is 5.46. The Labute approximate surface area is 159 Å². The van der Waals surface area contributed by atoms with Gasteiger partial charge in [-0.05, 0) is 38.0 Å². The summed E-state index contributed by atoms with van der Waals surface area (Å²) in [5, 5.41) is 4.13. The van der Waals surface area contributed by atoms with Crippen LogP contribution in [0.15, 0.2) is 35.0 Å². The predicted molar refractivity (Wildman–Crippen MR) is 102 cm³/mol. The molecule has 1 amide bonds. The molecule has 7 nitrogen and oxygen atoms in total. The van der Waals surface area contributed by atoms with Crippen LogP contribution in [0.3, 0.4) is 0 Å². The lowest BCUT2D eigenvalue weighted by atomic mass is 10.1. The second-order valence-electron chi connectivity index (χ2n) is 7.16. The Morgan fingerprint density at radius 3 is 2.63 bits per heavy atom. The Kier molecular flexibility index (Phi) is 5.18. The number of anilines is 1. The lowest BCUT2D eigenvalue weighted by Gasteiger charge is -2.35. The van der Waals surface area contributed by atoms with Crippen LogP contribution in [-0.4, -0.2) is 52.1 Å². The van der Waals surface area contributed by atoms with Crippen molar-refractivity contribution in [1.82, 2.24) is 20.0 Å². The highest BCUT2D eigenvalue weighted by Crippen LogP contribution is 2.33. The SMILES string of the molecule is C/C=C\C(=O)N1CCN(c2ccc(-c3noc(C4CCCC4)n3)cn2)CC1. The van der Waals surface area contributed by atoms with Crippen molar-refractivity contribution < 1.29 is 9.32 Å². The second kappa shape index (κ2) is 7.90. The van der Waals surface area contributed by atoms with Crippen molar-refractivity contribution >= 4 is 11.7 Å². The third-order valence-corrected chi connectivity index (χ3v) is 5.38. The fourth-order valence-electron chi connectivity index (χ4n) is 3.80. The molecule has 4 rings (SSSR count). The topological polar surface area (TPSA) is 75.4 Å². The number of hydrogen-bond acceptors (Lipinski definition) is 6. The van der Waals surface area contributed by atoms with Crippen molar-refractivity contribution in [2.75, 3.05) is 31.1 Å². The molecular weight excluding hydrogens is 342 g/mol. The molecule has 1 saturated carbocycles. The van der Waals surface area contributed by atoms with E-state index in [1.54, 1.807) is 18.3 Å².